The molecule has 88 valence electrons. The van der Waals surface area contributed by atoms with Crippen molar-refractivity contribution in [1.82, 2.24) is 20.6 Å². The van der Waals surface area contributed by atoms with E-state index >= 15 is 0 Å². The summed E-state index contributed by atoms with van der Waals surface area (Å²) in [6, 6.07) is 7.23. The number of carbonyl (C=O) groups excluding carboxylic acids is 1. The molecule has 2 rings (SSSR count). The van der Waals surface area contributed by atoms with Gasteiger partial charge in [0.15, 0.2) is 5.82 Å². The average Bonchev–Trinajstić information content (AvgIpc) is 2.74. The Labute approximate surface area is 115 Å². The van der Waals surface area contributed by atoms with Crippen molar-refractivity contribution in [1.29, 1.82) is 0 Å². The van der Waals surface area contributed by atoms with E-state index in [2.05, 4.69) is 20.6 Å². The van der Waals surface area contributed by atoms with Crippen molar-refractivity contribution in [3.8, 4) is 5.75 Å². The van der Waals surface area contributed by atoms with Crippen LogP contribution in [0.1, 0.15) is 11.4 Å². The van der Waals surface area contributed by atoms with Gasteiger partial charge in [-0.3, -0.25) is 4.79 Å². The van der Waals surface area contributed by atoms with Gasteiger partial charge in [-0.1, -0.05) is 17.7 Å². The van der Waals surface area contributed by atoms with Gasteiger partial charge in [-0.2, -0.15) is 0 Å². The molecule has 1 heterocycles. The average molecular weight is 339 g/mol. The number of aryl methyl sites for hydroxylation is 1. The van der Waals surface area contributed by atoms with Gasteiger partial charge in [0.1, 0.15) is 12.2 Å². The first-order valence-corrected chi connectivity index (χ1v) is 4.74. The summed E-state index contributed by atoms with van der Waals surface area (Å²) < 4.78 is 5.09. The normalized spacial score (nSPS) is 9.47. The Morgan fingerprint density at radius 3 is 2.65 bits per heavy atom. The zero-order valence-corrected chi connectivity index (χ0v) is 13.4. The van der Waals surface area contributed by atoms with Gasteiger partial charge in [-0.15, -0.1) is 5.10 Å². The number of H-pyrrole nitrogens is 1. The zero-order valence-electron chi connectivity index (χ0n) is 9.38. The standard InChI is InChI=1S/C10H10N4O2.Sn.2H/c1-7-2-4-8(5-3-7)16-10(15)6-9-11-13-14-12-9;;;/h2-5H,6H2,1H3,(H,11,12,13,14);;;. The molecule has 0 atom stereocenters. The number of nitrogens with one attached hydrogen (secondary N) is 1. The molecule has 1 aromatic carbocycles. The Kier molecular flexibility index (Phi) is 5.07. The third-order valence-corrected chi connectivity index (χ3v) is 1.95. The molecular formula is C10H12N4O2Sn. The Balaban J connectivity index is 0.00000144. The molecule has 0 spiro atoms. The molecule has 1 N–H and O–H groups in total. The second kappa shape index (κ2) is 6.33. The van der Waals surface area contributed by atoms with Gasteiger partial charge in [0.2, 0.25) is 0 Å². The number of aromatic amines is 1. The van der Waals surface area contributed by atoms with Crippen LogP contribution in [0.15, 0.2) is 24.3 Å². The Hall–Kier alpha value is -1.44. The molecule has 0 saturated heterocycles. The molecule has 6 nitrogen and oxygen atoms in total. The fourth-order valence-corrected chi connectivity index (χ4v) is 1.16. The van der Waals surface area contributed by atoms with E-state index in [1.807, 2.05) is 19.1 Å². The summed E-state index contributed by atoms with van der Waals surface area (Å²) in [7, 11) is 0. The van der Waals surface area contributed by atoms with Gasteiger partial charge in [0, 0.05) is 0 Å². The van der Waals surface area contributed by atoms with E-state index in [0.29, 0.717) is 11.6 Å². The zero-order chi connectivity index (χ0) is 11.4. The minimum atomic E-state index is -0.401. The van der Waals surface area contributed by atoms with E-state index in [1.54, 1.807) is 12.1 Å². The molecular weight excluding hydrogens is 327 g/mol. The summed E-state index contributed by atoms with van der Waals surface area (Å²) >= 11 is 0. The molecule has 2 radical (unpaired) electrons. The van der Waals surface area contributed by atoms with Crippen LogP contribution in [-0.4, -0.2) is 50.5 Å². The van der Waals surface area contributed by atoms with Crippen LogP contribution in [0.4, 0.5) is 0 Å². The summed E-state index contributed by atoms with van der Waals surface area (Å²) in [4.78, 5) is 11.4. The third-order valence-electron chi connectivity index (χ3n) is 1.95. The Bertz CT molecular complexity index is 470. The first-order chi connectivity index (χ1) is 7.74. The van der Waals surface area contributed by atoms with Gasteiger partial charge in [-0.05, 0) is 29.5 Å². The van der Waals surface area contributed by atoms with Gasteiger partial charge in [0.25, 0.3) is 0 Å². The third kappa shape index (κ3) is 4.14. The number of esters is 1. The molecule has 0 unspecified atom stereocenters. The molecule has 0 aliphatic heterocycles. The maximum atomic E-state index is 11.4. The van der Waals surface area contributed by atoms with Crippen LogP contribution in [-0.2, 0) is 11.2 Å². The van der Waals surface area contributed by atoms with Crippen LogP contribution in [0.5, 0.6) is 5.75 Å². The number of benzene rings is 1. The molecule has 0 amide bonds. The number of rotatable bonds is 3. The van der Waals surface area contributed by atoms with Crippen LogP contribution < -0.4 is 4.74 Å². The first kappa shape index (κ1) is 13.6. The number of aromatic nitrogens is 4. The van der Waals surface area contributed by atoms with Crippen molar-refractivity contribution in [3.63, 3.8) is 0 Å². The fourth-order valence-electron chi connectivity index (χ4n) is 1.16. The number of ether oxygens (including phenoxy) is 1. The van der Waals surface area contributed by atoms with Gasteiger partial charge < -0.3 is 4.74 Å². The molecule has 2 aromatic rings. The molecule has 0 aliphatic carbocycles. The van der Waals surface area contributed by atoms with Crippen LogP contribution in [0.2, 0.25) is 0 Å². The molecule has 0 saturated carbocycles. The predicted molar refractivity (Wildman–Crippen MR) is 63.2 cm³/mol. The Morgan fingerprint density at radius 1 is 1.35 bits per heavy atom. The van der Waals surface area contributed by atoms with E-state index in [-0.39, 0.29) is 30.3 Å². The van der Waals surface area contributed by atoms with Gasteiger partial charge >= 0.3 is 29.9 Å². The van der Waals surface area contributed by atoms with E-state index in [0.717, 1.165) is 5.56 Å². The predicted octanol–water partition coefficient (Wildman–Crippen LogP) is -0.260. The number of tetrazole rings is 1. The van der Waals surface area contributed by atoms with Crippen molar-refractivity contribution in [2.75, 3.05) is 0 Å². The second-order valence-corrected chi connectivity index (χ2v) is 3.31. The van der Waals surface area contributed by atoms with Crippen LogP contribution >= 0.6 is 0 Å². The minimum absolute atomic E-state index is 0. The monoisotopic (exact) mass is 340 g/mol. The fraction of sp³-hybridized carbons (Fsp3) is 0.200. The molecule has 17 heavy (non-hydrogen) atoms. The van der Waals surface area contributed by atoms with Crippen molar-refractivity contribution in [2.24, 2.45) is 0 Å². The number of hydrogen-bond donors (Lipinski definition) is 1. The van der Waals surface area contributed by atoms with Crippen LogP contribution in [0, 0.1) is 6.92 Å². The number of nitrogens with zero attached hydrogens (tertiary/aromatic N) is 3. The maximum absolute atomic E-state index is 11.4. The molecule has 1 aromatic heterocycles. The summed E-state index contributed by atoms with van der Waals surface area (Å²) in [5, 5.41) is 12.8. The van der Waals surface area contributed by atoms with Crippen LogP contribution in [0.3, 0.4) is 0 Å². The van der Waals surface area contributed by atoms with Crippen molar-refractivity contribution >= 4 is 29.9 Å². The van der Waals surface area contributed by atoms with Crippen molar-refractivity contribution in [2.45, 2.75) is 13.3 Å². The first-order valence-electron chi connectivity index (χ1n) is 4.74. The molecule has 0 aliphatic rings. The van der Waals surface area contributed by atoms with Crippen molar-refractivity contribution < 1.29 is 9.53 Å². The van der Waals surface area contributed by atoms with E-state index < -0.39 is 5.97 Å². The topological polar surface area (TPSA) is 80.8 Å². The van der Waals surface area contributed by atoms with Gasteiger partial charge in [0.05, 0.1) is 0 Å². The van der Waals surface area contributed by atoms with E-state index in [1.165, 1.54) is 0 Å². The quantitative estimate of drug-likeness (QED) is 0.474. The summed E-state index contributed by atoms with van der Waals surface area (Å²) in [5.41, 5.74) is 1.11. The summed E-state index contributed by atoms with van der Waals surface area (Å²) in [6.07, 6.45) is 0.0286. The SMILES string of the molecule is Cc1ccc(OC(=O)Cc2nnn[nH]2)cc1.[SnH2]. The Morgan fingerprint density at radius 2 is 2.06 bits per heavy atom. The van der Waals surface area contributed by atoms with E-state index in [9.17, 15) is 4.79 Å². The summed E-state index contributed by atoms with van der Waals surface area (Å²) in [5.74, 6) is 0.502. The van der Waals surface area contributed by atoms with Crippen molar-refractivity contribution in [3.05, 3.63) is 35.7 Å². The van der Waals surface area contributed by atoms with E-state index in [4.69, 9.17) is 4.74 Å². The molecule has 7 heteroatoms. The summed E-state index contributed by atoms with van der Waals surface area (Å²) in [6.45, 7) is 1.96. The number of hydrogen-bond acceptors (Lipinski definition) is 5. The molecule has 0 fully saturated rings. The molecule has 0 bridgehead atoms. The van der Waals surface area contributed by atoms with Crippen LogP contribution in [0.25, 0.3) is 0 Å². The van der Waals surface area contributed by atoms with Gasteiger partial charge in [-0.25, -0.2) is 5.10 Å². The second-order valence-electron chi connectivity index (χ2n) is 3.31. The number of carbonyl (C=O) groups is 1.